The van der Waals surface area contributed by atoms with E-state index in [2.05, 4.69) is 4.98 Å². The first kappa shape index (κ1) is 12.6. The molecular formula is C17H16N2O. The summed E-state index contributed by atoms with van der Waals surface area (Å²) < 4.78 is 6.06. The first-order chi connectivity index (χ1) is 9.75. The van der Waals surface area contributed by atoms with Gasteiger partial charge in [0.05, 0.1) is 5.52 Å². The van der Waals surface area contributed by atoms with E-state index in [1.807, 2.05) is 61.5 Å². The second-order valence-corrected chi connectivity index (χ2v) is 4.75. The molecule has 0 spiro atoms. The Bertz CT molecular complexity index is 732. The first-order valence-corrected chi connectivity index (χ1v) is 6.62. The fraction of sp³-hybridized carbons (Fsp3) is 0.118. The molecule has 0 saturated carbocycles. The van der Waals surface area contributed by atoms with Crippen molar-refractivity contribution in [3.63, 3.8) is 0 Å². The van der Waals surface area contributed by atoms with Crippen molar-refractivity contribution in [3.05, 3.63) is 66.4 Å². The standard InChI is InChI=1S/C17H16N2O/c1-12(18)13-6-2-3-9-16(13)20-17-10-4-8-15-14(17)7-5-11-19-15/h2-12H,18H2,1H3. The Morgan fingerprint density at radius 1 is 0.950 bits per heavy atom. The van der Waals surface area contributed by atoms with Gasteiger partial charge < -0.3 is 10.5 Å². The van der Waals surface area contributed by atoms with Crippen LogP contribution in [0.2, 0.25) is 0 Å². The van der Waals surface area contributed by atoms with Gasteiger partial charge in [-0.2, -0.15) is 0 Å². The number of rotatable bonds is 3. The second kappa shape index (κ2) is 5.31. The van der Waals surface area contributed by atoms with Gasteiger partial charge in [0.1, 0.15) is 11.5 Å². The SMILES string of the molecule is CC(N)c1ccccc1Oc1cccc2ncccc12. The van der Waals surface area contributed by atoms with Crippen LogP contribution in [0.1, 0.15) is 18.5 Å². The average molecular weight is 264 g/mol. The minimum absolute atomic E-state index is 0.0701. The van der Waals surface area contributed by atoms with E-state index in [1.165, 1.54) is 0 Å². The molecule has 2 aromatic carbocycles. The van der Waals surface area contributed by atoms with Gasteiger partial charge in [-0.25, -0.2) is 0 Å². The number of pyridine rings is 1. The van der Waals surface area contributed by atoms with Crippen molar-refractivity contribution in [1.29, 1.82) is 0 Å². The third-order valence-electron chi connectivity index (χ3n) is 3.24. The van der Waals surface area contributed by atoms with Gasteiger partial charge in [0.15, 0.2) is 0 Å². The molecule has 3 aromatic rings. The molecule has 20 heavy (non-hydrogen) atoms. The van der Waals surface area contributed by atoms with Crippen LogP contribution in [0, 0.1) is 0 Å². The van der Waals surface area contributed by atoms with E-state index in [0.29, 0.717) is 0 Å². The van der Waals surface area contributed by atoms with Gasteiger partial charge in [-0.3, -0.25) is 4.98 Å². The summed E-state index contributed by atoms with van der Waals surface area (Å²) in [5.41, 5.74) is 7.90. The first-order valence-electron chi connectivity index (χ1n) is 6.62. The van der Waals surface area contributed by atoms with Gasteiger partial charge in [-0.1, -0.05) is 24.3 Å². The van der Waals surface area contributed by atoms with E-state index in [1.54, 1.807) is 6.20 Å². The van der Waals surface area contributed by atoms with Crippen molar-refractivity contribution in [2.24, 2.45) is 5.73 Å². The lowest BCUT2D eigenvalue weighted by Crippen LogP contribution is -2.06. The molecular weight excluding hydrogens is 248 g/mol. The Kier molecular flexibility index (Phi) is 3.35. The number of aromatic nitrogens is 1. The summed E-state index contributed by atoms with van der Waals surface area (Å²) in [5.74, 6) is 1.59. The zero-order valence-corrected chi connectivity index (χ0v) is 11.3. The molecule has 0 fully saturated rings. The molecule has 0 bridgehead atoms. The highest BCUT2D eigenvalue weighted by molar-refractivity contribution is 5.85. The van der Waals surface area contributed by atoms with E-state index >= 15 is 0 Å². The summed E-state index contributed by atoms with van der Waals surface area (Å²) in [6.45, 7) is 1.95. The molecule has 0 aliphatic heterocycles. The maximum Gasteiger partial charge on any atom is 0.136 e. The molecule has 3 nitrogen and oxygen atoms in total. The number of nitrogens with two attached hydrogens (primary N) is 1. The summed E-state index contributed by atoms with van der Waals surface area (Å²) in [5, 5.41) is 0.995. The molecule has 3 heteroatoms. The molecule has 0 radical (unpaired) electrons. The smallest absolute Gasteiger partial charge is 0.136 e. The van der Waals surface area contributed by atoms with E-state index in [0.717, 1.165) is 28.0 Å². The van der Waals surface area contributed by atoms with Crippen LogP contribution in [0.25, 0.3) is 10.9 Å². The number of benzene rings is 2. The highest BCUT2D eigenvalue weighted by Crippen LogP contribution is 2.32. The second-order valence-electron chi connectivity index (χ2n) is 4.75. The van der Waals surface area contributed by atoms with Gasteiger partial charge >= 0.3 is 0 Å². The van der Waals surface area contributed by atoms with Crippen LogP contribution in [0.5, 0.6) is 11.5 Å². The predicted octanol–water partition coefficient (Wildman–Crippen LogP) is 4.05. The topological polar surface area (TPSA) is 48.1 Å². The molecule has 2 N–H and O–H groups in total. The van der Waals surface area contributed by atoms with Gasteiger partial charge in [0.25, 0.3) is 0 Å². The third-order valence-corrected chi connectivity index (χ3v) is 3.24. The van der Waals surface area contributed by atoms with Gasteiger partial charge in [0, 0.05) is 23.2 Å². The molecule has 0 aliphatic carbocycles. The number of fused-ring (bicyclic) bond motifs is 1. The quantitative estimate of drug-likeness (QED) is 0.776. The van der Waals surface area contributed by atoms with Crippen LogP contribution in [0.3, 0.4) is 0 Å². The maximum atomic E-state index is 6.06. The molecule has 0 saturated heterocycles. The van der Waals surface area contributed by atoms with Gasteiger partial charge in [-0.05, 0) is 37.3 Å². The van der Waals surface area contributed by atoms with Gasteiger partial charge in [0.2, 0.25) is 0 Å². The lowest BCUT2D eigenvalue weighted by molar-refractivity contribution is 0.477. The minimum Gasteiger partial charge on any atom is -0.456 e. The summed E-state index contributed by atoms with van der Waals surface area (Å²) in [6, 6.07) is 17.6. The summed E-state index contributed by atoms with van der Waals surface area (Å²) in [6.07, 6.45) is 1.78. The number of hydrogen-bond donors (Lipinski definition) is 1. The normalized spacial score (nSPS) is 12.3. The average Bonchev–Trinajstić information content (AvgIpc) is 2.48. The number of ether oxygens (including phenoxy) is 1. The maximum absolute atomic E-state index is 6.06. The lowest BCUT2D eigenvalue weighted by Gasteiger charge is -2.14. The highest BCUT2D eigenvalue weighted by Gasteiger charge is 2.09. The number of para-hydroxylation sites is 1. The van der Waals surface area contributed by atoms with Crippen LogP contribution >= 0.6 is 0 Å². The molecule has 1 heterocycles. The molecule has 1 unspecified atom stereocenters. The van der Waals surface area contributed by atoms with Crippen LogP contribution < -0.4 is 10.5 Å². The molecule has 0 aliphatic rings. The zero-order chi connectivity index (χ0) is 13.9. The minimum atomic E-state index is -0.0701. The Labute approximate surface area is 118 Å². The fourth-order valence-electron chi connectivity index (χ4n) is 2.23. The van der Waals surface area contributed by atoms with Crippen molar-refractivity contribution in [1.82, 2.24) is 4.98 Å². The molecule has 1 atom stereocenters. The summed E-state index contributed by atoms with van der Waals surface area (Å²) in [7, 11) is 0. The van der Waals surface area contributed by atoms with Crippen molar-refractivity contribution in [2.45, 2.75) is 13.0 Å². The molecule has 3 rings (SSSR count). The van der Waals surface area contributed by atoms with E-state index in [-0.39, 0.29) is 6.04 Å². The third kappa shape index (κ3) is 2.36. The van der Waals surface area contributed by atoms with Crippen molar-refractivity contribution in [2.75, 3.05) is 0 Å². The van der Waals surface area contributed by atoms with E-state index in [4.69, 9.17) is 10.5 Å². The van der Waals surface area contributed by atoms with Gasteiger partial charge in [-0.15, -0.1) is 0 Å². The summed E-state index contributed by atoms with van der Waals surface area (Å²) in [4.78, 5) is 4.34. The Hall–Kier alpha value is -2.39. The molecule has 100 valence electrons. The Morgan fingerprint density at radius 2 is 1.75 bits per heavy atom. The monoisotopic (exact) mass is 264 g/mol. The number of nitrogens with zero attached hydrogens (tertiary/aromatic N) is 1. The van der Waals surface area contributed by atoms with Crippen LogP contribution in [-0.4, -0.2) is 4.98 Å². The number of hydrogen-bond acceptors (Lipinski definition) is 3. The largest absolute Gasteiger partial charge is 0.456 e. The zero-order valence-electron chi connectivity index (χ0n) is 11.3. The molecule has 1 aromatic heterocycles. The Balaban J connectivity index is 2.06. The highest BCUT2D eigenvalue weighted by atomic mass is 16.5. The Morgan fingerprint density at radius 3 is 2.60 bits per heavy atom. The van der Waals surface area contributed by atoms with Crippen LogP contribution in [-0.2, 0) is 0 Å². The van der Waals surface area contributed by atoms with Crippen molar-refractivity contribution >= 4 is 10.9 Å². The fourth-order valence-corrected chi connectivity index (χ4v) is 2.23. The van der Waals surface area contributed by atoms with Crippen LogP contribution in [0.15, 0.2) is 60.8 Å². The van der Waals surface area contributed by atoms with Crippen molar-refractivity contribution < 1.29 is 4.74 Å². The van der Waals surface area contributed by atoms with Crippen molar-refractivity contribution in [3.8, 4) is 11.5 Å². The van der Waals surface area contributed by atoms with E-state index < -0.39 is 0 Å². The van der Waals surface area contributed by atoms with Crippen LogP contribution in [0.4, 0.5) is 0 Å². The van der Waals surface area contributed by atoms with E-state index in [9.17, 15) is 0 Å². The predicted molar refractivity (Wildman–Crippen MR) is 80.9 cm³/mol. The summed E-state index contributed by atoms with van der Waals surface area (Å²) >= 11 is 0. The molecule has 0 amide bonds. The lowest BCUT2D eigenvalue weighted by atomic mass is 10.1.